The average molecular weight is 264 g/mol. The zero-order chi connectivity index (χ0) is 12.8. The lowest BCUT2D eigenvalue weighted by Crippen LogP contribution is -2.34. The molecule has 96 valence electrons. The van der Waals surface area contributed by atoms with Crippen LogP contribution in [0.2, 0.25) is 0 Å². The molecule has 1 atom stereocenters. The largest absolute Gasteiger partial charge is 0.316 e. The zero-order valence-electron chi connectivity index (χ0n) is 10.7. The van der Waals surface area contributed by atoms with Gasteiger partial charge in [0.2, 0.25) is 0 Å². The SMILES string of the molecule is CC(C)C1(c2nc3cc(F)ccc3s2)CCNC1. The highest BCUT2D eigenvalue weighted by Gasteiger charge is 2.41. The Morgan fingerprint density at radius 2 is 2.28 bits per heavy atom. The highest BCUT2D eigenvalue weighted by Crippen LogP contribution is 2.41. The van der Waals surface area contributed by atoms with Gasteiger partial charge < -0.3 is 5.32 Å². The first-order valence-corrected chi connectivity index (χ1v) is 7.21. The summed E-state index contributed by atoms with van der Waals surface area (Å²) in [5.41, 5.74) is 0.919. The van der Waals surface area contributed by atoms with Gasteiger partial charge in [0.1, 0.15) is 10.8 Å². The average Bonchev–Trinajstić information content (AvgIpc) is 2.94. The fraction of sp³-hybridized carbons (Fsp3) is 0.500. The van der Waals surface area contributed by atoms with Gasteiger partial charge in [0.05, 0.1) is 10.2 Å². The fourth-order valence-corrected chi connectivity index (χ4v) is 4.06. The van der Waals surface area contributed by atoms with Gasteiger partial charge in [-0.25, -0.2) is 9.37 Å². The first kappa shape index (κ1) is 12.1. The third kappa shape index (κ3) is 1.75. The molecule has 2 heterocycles. The molecule has 1 unspecified atom stereocenters. The third-order valence-electron chi connectivity index (χ3n) is 4.07. The summed E-state index contributed by atoms with van der Waals surface area (Å²) in [4.78, 5) is 4.69. The Kier molecular flexibility index (Phi) is 2.87. The smallest absolute Gasteiger partial charge is 0.125 e. The molecule has 1 aliphatic rings. The van der Waals surface area contributed by atoms with Crippen molar-refractivity contribution in [2.24, 2.45) is 5.92 Å². The van der Waals surface area contributed by atoms with E-state index in [1.165, 1.54) is 12.1 Å². The summed E-state index contributed by atoms with van der Waals surface area (Å²) in [6.07, 6.45) is 1.12. The number of hydrogen-bond donors (Lipinski definition) is 1. The lowest BCUT2D eigenvalue weighted by Gasteiger charge is -2.30. The summed E-state index contributed by atoms with van der Waals surface area (Å²) in [6, 6.07) is 4.88. The molecule has 1 N–H and O–H groups in total. The lowest BCUT2D eigenvalue weighted by molar-refractivity contribution is 0.336. The lowest BCUT2D eigenvalue weighted by atomic mass is 9.77. The molecule has 0 amide bonds. The fourth-order valence-electron chi connectivity index (χ4n) is 2.75. The topological polar surface area (TPSA) is 24.9 Å². The number of nitrogens with one attached hydrogen (secondary N) is 1. The Morgan fingerprint density at radius 3 is 2.94 bits per heavy atom. The van der Waals surface area contributed by atoms with Crippen LogP contribution in [0.25, 0.3) is 10.2 Å². The van der Waals surface area contributed by atoms with Crippen LogP contribution in [-0.4, -0.2) is 18.1 Å². The van der Waals surface area contributed by atoms with E-state index in [0.717, 1.165) is 34.7 Å². The summed E-state index contributed by atoms with van der Waals surface area (Å²) in [6.45, 7) is 6.52. The molecule has 1 aromatic carbocycles. The minimum atomic E-state index is -0.206. The van der Waals surface area contributed by atoms with Crippen LogP contribution in [0.15, 0.2) is 18.2 Å². The van der Waals surface area contributed by atoms with Crippen molar-refractivity contribution in [3.8, 4) is 0 Å². The molecule has 0 bridgehead atoms. The summed E-state index contributed by atoms with van der Waals surface area (Å²) < 4.78 is 14.3. The Bertz CT molecular complexity index is 570. The Morgan fingerprint density at radius 1 is 1.44 bits per heavy atom. The van der Waals surface area contributed by atoms with Gasteiger partial charge in [0, 0.05) is 18.0 Å². The van der Waals surface area contributed by atoms with Crippen molar-refractivity contribution < 1.29 is 4.39 Å². The molecule has 0 aliphatic carbocycles. The standard InChI is InChI=1S/C14H17FN2S/c1-9(2)14(5-6-16-8-14)13-17-11-7-10(15)3-4-12(11)18-13/h3-4,7,9,16H,5-6,8H2,1-2H3. The van der Waals surface area contributed by atoms with Gasteiger partial charge in [0.15, 0.2) is 0 Å². The normalized spacial score (nSPS) is 24.2. The molecule has 0 spiro atoms. The molecule has 0 radical (unpaired) electrons. The van der Waals surface area contributed by atoms with Gasteiger partial charge in [-0.3, -0.25) is 0 Å². The van der Waals surface area contributed by atoms with Crippen molar-refractivity contribution >= 4 is 21.6 Å². The van der Waals surface area contributed by atoms with Crippen LogP contribution in [0.3, 0.4) is 0 Å². The maximum Gasteiger partial charge on any atom is 0.125 e. The highest BCUT2D eigenvalue weighted by atomic mass is 32.1. The summed E-state index contributed by atoms with van der Waals surface area (Å²) >= 11 is 1.71. The number of aromatic nitrogens is 1. The van der Waals surface area contributed by atoms with Crippen LogP contribution < -0.4 is 5.32 Å². The number of fused-ring (bicyclic) bond motifs is 1. The van der Waals surface area contributed by atoms with Crippen LogP contribution in [0.1, 0.15) is 25.3 Å². The summed E-state index contributed by atoms with van der Waals surface area (Å²) in [5.74, 6) is 0.334. The first-order chi connectivity index (χ1) is 8.62. The van der Waals surface area contributed by atoms with Crippen LogP contribution in [0.5, 0.6) is 0 Å². The van der Waals surface area contributed by atoms with Gasteiger partial charge in [-0.15, -0.1) is 11.3 Å². The van der Waals surface area contributed by atoms with Crippen LogP contribution in [-0.2, 0) is 5.41 Å². The second kappa shape index (κ2) is 4.28. The number of halogens is 1. The van der Waals surface area contributed by atoms with Gasteiger partial charge >= 0.3 is 0 Å². The maximum atomic E-state index is 13.2. The van der Waals surface area contributed by atoms with Gasteiger partial charge in [-0.05, 0) is 31.0 Å². The van der Waals surface area contributed by atoms with Gasteiger partial charge in [-0.1, -0.05) is 13.8 Å². The summed E-state index contributed by atoms with van der Waals surface area (Å²) in [7, 11) is 0. The second-order valence-corrected chi connectivity index (χ2v) is 6.40. The molecule has 1 fully saturated rings. The maximum absolute atomic E-state index is 13.2. The number of benzene rings is 1. The first-order valence-electron chi connectivity index (χ1n) is 6.39. The number of hydrogen-bond acceptors (Lipinski definition) is 3. The predicted octanol–water partition coefficient (Wildman–Crippen LogP) is 3.32. The Balaban J connectivity index is 2.12. The molecule has 2 aromatic rings. The van der Waals surface area contributed by atoms with Crippen molar-refractivity contribution in [1.29, 1.82) is 0 Å². The second-order valence-electron chi connectivity index (χ2n) is 5.37. The van der Waals surface area contributed by atoms with E-state index >= 15 is 0 Å². The quantitative estimate of drug-likeness (QED) is 0.900. The minimum Gasteiger partial charge on any atom is -0.316 e. The third-order valence-corrected chi connectivity index (χ3v) is 5.33. The number of thiazole rings is 1. The summed E-state index contributed by atoms with van der Waals surface area (Å²) in [5, 5.41) is 4.60. The molecule has 1 saturated heterocycles. The van der Waals surface area contributed by atoms with E-state index < -0.39 is 0 Å². The molecule has 4 heteroatoms. The molecule has 0 saturated carbocycles. The molecule has 3 rings (SSSR count). The monoisotopic (exact) mass is 264 g/mol. The molecule has 2 nitrogen and oxygen atoms in total. The zero-order valence-corrected chi connectivity index (χ0v) is 11.5. The van der Waals surface area contributed by atoms with Gasteiger partial charge in [0.25, 0.3) is 0 Å². The van der Waals surface area contributed by atoms with E-state index in [4.69, 9.17) is 0 Å². The van der Waals surface area contributed by atoms with Crippen molar-refractivity contribution in [3.05, 3.63) is 29.0 Å². The van der Waals surface area contributed by atoms with Crippen molar-refractivity contribution in [2.75, 3.05) is 13.1 Å². The molecular weight excluding hydrogens is 247 g/mol. The molecular formula is C14H17FN2S. The van der Waals surface area contributed by atoms with E-state index in [0.29, 0.717) is 5.92 Å². The number of nitrogens with zero attached hydrogens (tertiary/aromatic N) is 1. The van der Waals surface area contributed by atoms with Crippen molar-refractivity contribution in [3.63, 3.8) is 0 Å². The van der Waals surface area contributed by atoms with E-state index in [2.05, 4.69) is 24.1 Å². The van der Waals surface area contributed by atoms with E-state index in [1.807, 2.05) is 6.07 Å². The van der Waals surface area contributed by atoms with Gasteiger partial charge in [-0.2, -0.15) is 0 Å². The van der Waals surface area contributed by atoms with Crippen LogP contribution >= 0.6 is 11.3 Å². The van der Waals surface area contributed by atoms with Crippen LogP contribution in [0.4, 0.5) is 4.39 Å². The Labute approximate surface area is 110 Å². The van der Waals surface area contributed by atoms with E-state index in [9.17, 15) is 4.39 Å². The van der Waals surface area contributed by atoms with E-state index in [1.54, 1.807) is 11.3 Å². The molecule has 1 aromatic heterocycles. The minimum absolute atomic E-state index is 0.125. The highest BCUT2D eigenvalue weighted by molar-refractivity contribution is 7.18. The van der Waals surface area contributed by atoms with Crippen molar-refractivity contribution in [2.45, 2.75) is 25.7 Å². The van der Waals surface area contributed by atoms with E-state index in [-0.39, 0.29) is 11.2 Å². The molecule has 1 aliphatic heterocycles. The van der Waals surface area contributed by atoms with Crippen LogP contribution in [0, 0.1) is 11.7 Å². The Hall–Kier alpha value is -1.00. The molecule has 18 heavy (non-hydrogen) atoms. The predicted molar refractivity (Wildman–Crippen MR) is 73.6 cm³/mol. The van der Waals surface area contributed by atoms with Crippen molar-refractivity contribution in [1.82, 2.24) is 10.3 Å². The number of rotatable bonds is 2.